The highest BCUT2D eigenvalue weighted by Crippen LogP contribution is 2.40. The van der Waals surface area contributed by atoms with Crippen LogP contribution in [0.25, 0.3) is 11.2 Å². The zero-order chi connectivity index (χ0) is 19.9. The number of anilines is 1. The Labute approximate surface area is 164 Å². The number of hydrogen-bond acceptors (Lipinski definition) is 9. The van der Waals surface area contributed by atoms with Crippen molar-refractivity contribution in [1.82, 2.24) is 24.4 Å². The predicted molar refractivity (Wildman–Crippen MR) is 104 cm³/mol. The second-order valence-corrected chi connectivity index (χ2v) is 7.77. The van der Waals surface area contributed by atoms with E-state index in [4.69, 9.17) is 25.7 Å². The summed E-state index contributed by atoms with van der Waals surface area (Å²) >= 11 is 0. The minimum absolute atomic E-state index is 0.0935. The first-order valence-electron chi connectivity index (χ1n) is 9.76. The van der Waals surface area contributed by atoms with Gasteiger partial charge in [0.25, 0.3) is 0 Å². The van der Waals surface area contributed by atoms with Crippen LogP contribution >= 0.6 is 0 Å². The predicted octanol–water partition coefficient (Wildman–Crippen LogP) is 0.149. The summed E-state index contributed by atoms with van der Waals surface area (Å²) in [5.74, 6) is -0.325. The molecule has 4 atom stereocenters. The van der Waals surface area contributed by atoms with Gasteiger partial charge in [-0.05, 0) is 20.4 Å². The molecule has 154 valence electrons. The van der Waals surface area contributed by atoms with Crippen LogP contribution in [0.3, 0.4) is 0 Å². The van der Waals surface area contributed by atoms with Crippen molar-refractivity contribution < 1.29 is 14.2 Å². The normalized spacial score (nSPS) is 29.5. The van der Waals surface area contributed by atoms with E-state index in [0.29, 0.717) is 30.1 Å². The Kier molecular flexibility index (Phi) is 5.23. The third kappa shape index (κ3) is 3.46. The monoisotopic (exact) mass is 391 g/mol. The van der Waals surface area contributed by atoms with Gasteiger partial charge < -0.3 is 30.2 Å². The first-order valence-corrected chi connectivity index (χ1v) is 9.76. The zero-order valence-electron chi connectivity index (χ0n) is 16.6. The van der Waals surface area contributed by atoms with Gasteiger partial charge in [-0.2, -0.15) is 0 Å². The van der Waals surface area contributed by atoms with Crippen LogP contribution < -0.4 is 11.5 Å². The Balaban J connectivity index is 1.62. The average Bonchev–Trinajstić information content (AvgIpc) is 3.22. The third-order valence-corrected chi connectivity index (χ3v) is 5.47. The highest BCUT2D eigenvalue weighted by molar-refractivity contribution is 5.81. The van der Waals surface area contributed by atoms with Crippen molar-refractivity contribution >= 4 is 17.0 Å². The molecule has 2 aromatic heterocycles. The van der Waals surface area contributed by atoms with Gasteiger partial charge in [0.05, 0.1) is 25.1 Å². The standard InChI is InChI=1S/C18H29N7O3/c1-4-24(6-5-19)7-12-15-14(27-18(2,3)28-15)11(8-26-12)25-10-23-13-16(20)21-9-22-17(13)25/h9-12,14-15H,4-8,19H2,1-3H3,(H2,20,21,22)/t11?,12-,14+,15-/m1/s1. The minimum atomic E-state index is -0.686. The SMILES string of the molecule is CCN(CCN)C[C@H]1OCC(n2cnc3c(N)ncnc32)[C@@H]2OC(C)(C)O[C@H]12. The first-order chi connectivity index (χ1) is 13.4. The van der Waals surface area contributed by atoms with Crippen molar-refractivity contribution in [3.05, 3.63) is 12.7 Å². The number of rotatable bonds is 6. The number of aromatic nitrogens is 4. The molecular formula is C18H29N7O3. The largest absolute Gasteiger partial charge is 0.382 e. The molecular weight excluding hydrogens is 362 g/mol. The van der Waals surface area contributed by atoms with Gasteiger partial charge in [0.1, 0.15) is 24.1 Å². The van der Waals surface area contributed by atoms with E-state index in [9.17, 15) is 0 Å². The van der Waals surface area contributed by atoms with Crippen molar-refractivity contribution in [3.63, 3.8) is 0 Å². The van der Waals surface area contributed by atoms with Crippen LogP contribution in [-0.4, -0.2) is 81.3 Å². The van der Waals surface area contributed by atoms with Crippen LogP contribution in [0.5, 0.6) is 0 Å². The first kappa shape index (κ1) is 19.5. The Bertz CT molecular complexity index is 827. The Morgan fingerprint density at radius 1 is 1.25 bits per heavy atom. The number of imidazole rings is 1. The summed E-state index contributed by atoms with van der Waals surface area (Å²) < 4.78 is 20.8. The summed E-state index contributed by atoms with van der Waals surface area (Å²) in [5.41, 5.74) is 12.9. The highest BCUT2D eigenvalue weighted by Gasteiger charge is 2.52. The van der Waals surface area contributed by atoms with Crippen LogP contribution in [-0.2, 0) is 14.2 Å². The average molecular weight is 391 g/mol. The van der Waals surface area contributed by atoms with Crippen LogP contribution in [0.4, 0.5) is 5.82 Å². The fraction of sp³-hybridized carbons (Fsp3) is 0.722. The minimum Gasteiger partial charge on any atom is -0.382 e. The molecule has 2 aliphatic rings. The molecule has 0 saturated carbocycles. The summed E-state index contributed by atoms with van der Waals surface area (Å²) in [6, 6.07) is -0.119. The topological polar surface area (TPSA) is 127 Å². The van der Waals surface area contributed by atoms with Crippen LogP contribution in [0.15, 0.2) is 12.7 Å². The van der Waals surface area contributed by atoms with Crippen LogP contribution in [0.1, 0.15) is 26.8 Å². The molecule has 10 nitrogen and oxygen atoms in total. The maximum Gasteiger partial charge on any atom is 0.165 e. The van der Waals surface area contributed by atoms with Gasteiger partial charge in [0.2, 0.25) is 0 Å². The molecule has 2 aliphatic heterocycles. The molecule has 0 bridgehead atoms. The van der Waals surface area contributed by atoms with E-state index in [1.54, 1.807) is 6.33 Å². The van der Waals surface area contributed by atoms with Crippen molar-refractivity contribution in [2.75, 3.05) is 38.5 Å². The van der Waals surface area contributed by atoms with Gasteiger partial charge in [0.15, 0.2) is 17.3 Å². The summed E-state index contributed by atoms with van der Waals surface area (Å²) in [5, 5.41) is 0. The van der Waals surface area contributed by atoms with Gasteiger partial charge in [-0.1, -0.05) is 6.92 Å². The second kappa shape index (κ2) is 7.53. The smallest absolute Gasteiger partial charge is 0.165 e. The van der Waals surface area contributed by atoms with Crippen molar-refractivity contribution in [2.24, 2.45) is 5.73 Å². The lowest BCUT2D eigenvalue weighted by molar-refractivity contribution is -0.155. The summed E-state index contributed by atoms with van der Waals surface area (Å²) in [7, 11) is 0. The Morgan fingerprint density at radius 3 is 2.79 bits per heavy atom. The van der Waals surface area contributed by atoms with E-state index < -0.39 is 5.79 Å². The molecule has 0 spiro atoms. The van der Waals surface area contributed by atoms with E-state index in [2.05, 4.69) is 26.8 Å². The van der Waals surface area contributed by atoms with Gasteiger partial charge in [-0.3, -0.25) is 4.90 Å². The molecule has 2 saturated heterocycles. The lowest BCUT2D eigenvalue weighted by Gasteiger charge is -2.39. The number of fused-ring (bicyclic) bond motifs is 2. The highest BCUT2D eigenvalue weighted by atomic mass is 16.8. The lowest BCUT2D eigenvalue weighted by atomic mass is 9.97. The van der Waals surface area contributed by atoms with Gasteiger partial charge in [-0.15, -0.1) is 0 Å². The fourth-order valence-electron chi connectivity index (χ4n) is 4.14. The Morgan fingerprint density at radius 2 is 2.04 bits per heavy atom. The van der Waals surface area contributed by atoms with E-state index in [1.165, 1.54) is 6.33 Å². The lowest BCUT2D eigenvalue weighted by Crippen LogP contribution is -2.53. The number of nitrogens with zero attached hydrogens (tertiary/aromatic N) is 5. The molecule has 4 rings (SSSR count). The quantitative estimate of drug-likeness (QED) is 0.707. The number of ether oxygens (including phenoxy) is 3. The summed E-state index contributed by atoms with van der Waals surface area (Å²) in [6.45, 7) is 9.56. The van der Waals surface area contributed by atoms with Crippen LogP contribution in [0, 0.1) is 0 Å². The summed E-state index contributed by atoms with van der Waals surface area (Å²) in [4.78, 5) is 15.0. The third-order valence-electron chi connectivity index (χ3n) is 5.47. The molecule has 2 aromatic rings. The zero-order valence-corrected chi connectivity index (χ0v) is 16.6. The van der Waals surface area contributed by atoms with Crippen molar-refractivity contribution in [1.29, 1.82) is 0 Å². The molecule has 2 fully saturated rings. The van der Waals surface area contributed by atoms with Crippen molar-refractivity contribution in [2.45, 2.75) is 50.9 Å². The maximum absolute atomic E-state index is 6.31. The van der Waals surface area contributed by atoms with E-state index in [0.717, 1.165) is 19.6 Å². The van der Waals surface area contributed by atoms with Crippen molar-refractivity contribution in [3.8, 4) is 0 Å². The molecule has 10 heteroatoms. The molecule has 0 aromatic carbocycles. The molecule has 28 heavy (non-hydrogen) atoms. The number of nitrogen functional groups attached to an aromatic ring is 1. The molecule has 4 N–H and O–H groups in total. The number of hydrogen-bond donors (Lipinski definition) is 2. The van der Waals surface area contributed by atoms with E-state index >= 15 is 0 Å². The van der Waals surface area contributed by atoms with Gasteiger partial charge in [0, 0.05) is 19.6 Å². The van der Waals surface area contributed by atoms with E-state index in [-0.39, 0.29) is 24.4 Å². The summed E-state index contributed by atoms with van der Waals surface area (Å²) in [6.07, 6.45) is 2.70. The van der Waals surface area contributed by atoms with Crippen LogP contribution in [0.2, 0.25) is 0 Å². The Hall–Kier alpha value is -1.85. The van der Waals surface area contributed by atoms with Gasteiger partial charge >= 0.3 is 0 Å². The maximum atomic E-state index is 6.31. The number of nitrogens with two attached hydrogens (primary N) is 2. The fourth-order valence-corrected chi connectivity index (χ4v) is 4.14. The molecule has 0 radical (unpaired) electrons. The number of likely N-dealkylation sites (N-methyl/N-ethyl adjacent to an activating group) is 1. The van der Waals surface area contributed by atoms with E-state index in [1.807, 2.05) is 18.4 Å². The molecule has 0 amide bonds. The second-order valence-electron chi connectivity index (χ2n) is 7.77. The molecule has 0 aliphatic carbocycles. The molecule has 1 unspecified atom stereocenters. The van der Waals surface area contributed by atoms with Gasteiger partial charge in [-0.25, -0.2) is 15.0 Å². The molecule has 4 heterocycles.